The van der Waals surface area contributed by atoms with Crippen LogP contribution in [0.4, 0.5) is 5.82 Å². The van der Waals surface area contributed by atoms with Gasteiger partial charge in [0.2, 0.25) is 0 Å². The molecule has 1 aliphatic rings. The second kappa shape index (κ2) is 7.08. The fraction of sp³-hybridized carbons (Fsp3) is 0.643. The smallest absolute Gasteiger partial charge is 0.129 e. The summed E-state index contributed by atoms with van der Waals surface area (Å²) >= 11 is 6.20. The molecule has 2 heterocycles. The van der Waals surface area contributed by atoms with Crippen LogP contribution < -0.4 is 10.2 Å². The van der Waals surface area contributed by atoms with Crippen molar-refractivity contribution in [2.45, 2.75) is 32.9 Å². The van der Waals surface area contributed by atoms with Gasteiger partial charge in [0.25, 0.3) is 0 Å². The minimum atomic E-state index is 0.257. The molecule has 0 aromatic carbocycles. The Morgan fingerprint density at radius 1 is 1.58 bits per heavy atom. The molecule has 1 unspecified atom stereocenters. The van der Waals surface area contributed by atoms with Crippen molar-refractivity contribution in [3.8, 4) is 0 Å². The van der Waals surface area contributed by atoms with Gasteiger partial charge in [-0.15, -0.1) is 0 Å². The monoisotopic (exact) mass is 283 g/mol. The summed E-state index contributed by atoms with van der Waals surface area (Å²) in [6.07, 6.45) is 3.13. The summed E-state index contributed by atoms with van der Waals surface area (Å²) in [4.78, 5) is 6.69. The van der Waals surface area contributed by atoms with Crippen LogP contribution in [0.3, 0.4) is 0 Å². The van der Waals surface area contributed by atoms with Gasteiger partial charge in [-0.1, -0.05) is 18.5 Å². The van der Waals surface area contributed by atoms with Gasteiger partial charge in [-0.05, 0) is 31.5 Å². The molecule has 0 radical (unpaired) electrons. The first kappa shape index (κ1) is 14.6. The van der Waals surface area contributed by atoms with E-state index in [1.807, 2.05) is 0 Å². The predicted molar refractivity (Wildman–Crippen MR) is 78.9 cm³/mol. The Bertz CT molecular complexity index is 414. The van der Waals surface area contributed by atoms with E-state index in [-0.39, 0.29) is 6.10 Å². The number of hydrogen-bond donors (Lipinski definition) is 1. The van der Waals surface area contributed by atoms with Crippen LogP contribution in [-0.2, 0) is 11.3 Å². The third-order valence-electron chi connectivity index (χ3n) is 3.23. The third-order valence-corrected chi connectivity index (χ3v) is 3.57. The topological polar surface area (TPSA) is 37.4 Å². The van der Waals surface area contributed by atoms with Crippen molar-refractivity contribution >= 4 is 17.4 Å². The minimum Gasteiger partial charge on any atom is -0.375 e. The van der Waals surface area contributed by atoms with Crippen molar-refractivity contribution in [1.29, 1.82) is 0 Å². The van der Waals surface area contributed by atoms with Gasteiger partial charge < -0.3 is 15.0 Å². The average Bonchev–Trinajstić information content (AvgIpc) is 2.41. The van der Waals surface area contributed by atoms with Crippen molar-refractivity contribution in [3.05, 3.63) is 22.8 Å². The Balaban J connectivity index is 2.06. The molecule has 1 fully saturated rings. The van der Waals surface area contributed by atoms with Crippen LogP contribution in [0.15, 0.2) is 12.3 Å². The Morgan fingerprint density at radius 2 is 2.42 bits per heavy atom. The minimum absolute atomic E-state index is 0.257. The largest absolute Gasteiger partial charge is 0.375 e. The van der Waals surface area contributed by atoms with Gasteiger partial charge in [0, 0.05) is 25.8 Å². The molecular formula is C14H22ClN3O. The highest BCUT2D eigenvalue weighted by Crippen LogP contribution is 2.22. The van der Waals surface area contributed by atoms with Crippen LogP contribution in [0.25, 0.3) is 0 Å². The summed E-state index contributed by atoms with van der Waals surface area (Å²) in [6.45, 7) is 8.57. The fourth-order valence-corrected chi connectivity index (χ4v) is 2.37. The summed E-state index contributed by atoms with van der Waals surface area (Å²) in [5.41, 5.74) is 1.11. The predicted octanol–water partition coefficient (Wildman–Crippen LogP) is 2.46. The van der Waals surface area contributed by atoms with E-state index in [1.54, 1.807) is 6.20 Å². The highest BCUT2D eigenvalue weighted by atomic mass is 35.5. The molecule has 1 atom stereocenters. The van der Waals surface area contributed by atoms with Crippen molar-refractivity contribution in [3.63, 3.8) is 0 Å². The maximum atomic E-state index is 6.20. The lowest BCUT2D eigenvalue weighted by Gasteiger charge is -2.32. The normalized spacial score (nSPS) is 19.7. The summed E-state index contributed by atoms with van der Waals surface area (Å²) in [5.74, 6) is 0.993. The molecular weight excluding hydrogens is 262 g/mol. The molecule has 19 heavy (non-hydrogen) atoms. The number of rotatable bonds is 5. The number of nitrogens with zero attached hydrogens (tertiary/aromatic N) is 2. The molecule has 1 aliphatic heterocycles. The highest BCUT2D eigenvalue weighted by molar-refractivity contribution is 6.31. The Hall–Kier alpha value is -0.840. The van der Waals surface area contributed by atoms with Crippen LogP contribution in [0, 0.1) is 0 Å². The molecule has 0 aliphatic carbocycles. The van der Waals surface area contributed by atoms with Crippen LogP contribution in [0.1, 0.15) is 25.8 Å². The second-order valence-electron chi connectivity index (χ2n) is 4.94. The lowest BCUT2D eigenvalue weighted by Crippen LogP contribution is -2.41. The van der Waals surface area contributed by atoms with Gasteiger partial charge >= 0.3 is 0 Å². The molecule has 1 N–H and O–H groups in total. The van der Waals surface area contributed by atoms with Gasteiger partial charge in [-0.25, -0.2) is 4.98 Å². The van der Waals surface area contributed by atoms with E-state index in [9.17, 15) is 0 Å². The van der Waals surface area contributed by atoms with Crippen LogP contribution in [0.2, 0.25) is 5.02 Å². The van der Waals surface area contributed by atoms with Crippen molar-refractivity contribution < 1.29 is 4.74 Å². The summed E-state index contributed by atoms with van der Waals surface area (Å²) in [7, 11) is 0. The van der Waals surface area contributed by atoms with Gasteiger partial charge in [0.05, 0.1) is 17.7 Å². The summed E-state index contributed by atoms with van der Waals surface area (Å²) in [5, 5.41) is 4.11. The third kappa shape index (κ3) is 4.06. The first-order chi connectivity index (χ1) is 9.20. The van der Waals surface area contributed by atoms with E-state index >= 15 is 0 Å². The second-order valence-corrected chi connectivity index (χ2v) is 5.35. The summed E-state index contributed by atoms with van der Waals surface area (Å²) < 4.78 is 5.56. The molecule has 0 saturated carbocycles. The Labute approximate surface area is 120 Å². The van der Waals surface area contributed by atoms with Crippen molar-refractivity contribution in [2.24, 2.45) is 0 Å². The van der Waals surface area contributed by atoms with Crippen LogP contribution in [0.5, 0.6) is 0 Å². The molecule has 1 saturated heterocycles. The standard InChI is InChI=1S/C14H22ClN3O/c1-3-4-16-8-12-7-14(17-9-13(12)15)18-5-6-19-11(2)10-18/h7,9,11,16H,3-6,8,10H2,1-2H3. The Morgan fingerprint density at radius 3 is 3.16 bits per heavy atom. The molecule has 106 valence electrons. The zero-order chi connectivity index (χ0) is 13.7. The number of hydrogen-bond acceptors (Lipinski definition) is 4. The maximum absolute atomic E-state index is 6.20. The average molecular weight is 284 g/mol. The number of nitrogens with one attached hydrogen (secondary N) is 1. The van der Waals surface area contributed by atoms with Crippen LogP contribution >= 0.6 is 11.6 Å². The first-order valence-electron chi connectivity index (χ1n) is 6.92. The van der Waals surface area contributed by atoms with Gasteiger partial charge in [-0.3, -0.25) is 0 Å². The van der Waals surface area contributed by atoms with Crippen molar-refractivity contribution in [1.82, 2.24) is 10.3 Å². The number of anilines is 1. The van der Waals surface area contributed by atoms with Gasteiger partial charge in [0.15, 0.2) is 0 Å². The maximum Gasteiger partial charge on any atom is 0.129 e. The van der Waals surface area contributed by atoms with E-state index in [0.717, 1.165) is 55.6 Å². The molecule has 5 heteroatoms. The molecule has 2 rings (SSSR count). The summed E-state index contributed by atoms with van der Waals surface area (Å²) in [6, 6.07) is 2.09. The van der Waals surface area contributed by atoms with Gasteiger partial charge in [-0.2, -0.15) is 0 Å². The van der Waals surface area contributed by atoms with E-state index in [4.69, 9.17) is 16.3 Å². The lowest BCUT2D eigenvalue weighted by atomic mass is 10.2. The van der Waals surface area contributed by atoms with E-state index in [1.165, 1.54) is 0 Å². The first-order valence-corrected chi connectivity index (χ1v) is 7.30. The Kier molecular flexibility index (Phi) is 5.43. The molecule has 4 nitrogen and oxygen atoms in total. The zero-order valence-corrected chi connectivity index (χ0v) is 12.4. The number of ether oxygens (including phenoxy) is 1. The highest BCUT2D eigenvalue weighted by Gasteiger charge is 2.18. The van der Waals surface area contributed by atoms with Crippen LogP contribution in [-0.4, -0.2) is 37.3 Å². The molecule has 1 aromatic heterocycles. The number of morpholine rings is 1. The zero-order valence-electron chi connectivity index (χ0n) is 11.7. The number of pyridine rings is 1. The number of aromatic nitrogens is 1. The van der Waals surface area contributed by atoms with E-state index in [2.05, 4.69) is 35.1 Å². The SMILES string of the molecule is CCCNCc1cc(N2CCOC(C)C2)ncc1Cl. The molecule has 0 amide bonds. The number of halogens is 1. The lowest BCUT2D eigenvalue weighted by molar-refractivity contribution is 0.0529. The fourth-order valence-electron chi connectivity index (χ4n) is 2.20. The molecule has 0 spiro atoms. The van der Waals surface area contributed by atoms with Gasteiger partial charge in [0.1, 0.15) is 5.82 Å². The van der Waals surface area contributed by atoms with E-state index < -0.39 is 0 Å². The van der Waals surface area contributed by atoms with Crippen molar-refractivity contribution in [2.75, 3.05) is 31.1 Å². The quantitative estimate of drug-likeness (QED) is 0.843. The molecule has 0 bridgehead atoms. The van der Waals surface area contributed by atoms with E-state index in [0.29, 0.717) is 0 Å². The molecule has 1 aromatic rings.